The zero-order valence-electron chi connectivity index (χ0n) is 17.3. The summed E-state index contributed by atoms with van der Waals surface area (Å²) < 4.78 is 0. The lowest BCUT2D eigenvalue weighted by atomic mass is 10.1. The van der Waals surface area contributed by atoms with Crippen molar-refractivity contribution < 1.29 is 9.59 Å². The molecule has 0 unspecified atom stereocenters. The van der Waals surface area contributed by atoms with Crippen molar-refractivity contribution in [3.8, 4) is 0 Å². The number of hydrogen-bond acceptors (Lipinski definition) is 2. The molecule has 1 N–H and O–H groups in total. The van der Waals surface area contributed by atoms with Gasteiger partial charge < -0.3 is 10.2 Å². The minimum Gasteiger partial charge on any atom is -0.354 e. The average molecular weight is 435 g/mol. The van der Waals surface area contributed by atoms with Crippen LogP contribution >= 0.6 is 23.2 Å². The van der Waals surface area contributed by atoms with Gasteiger partial charge in [-0.15, -0.1) is 0 Å². The van der Waals surface area contributed by atoms with Crippen molar-refractivity contribution in [1.82, 2.24) is 10.2 Å². The van der Waals surface area contributed by atoms with Crippen LogP contribution in [0, 0.1) is 12.8 Å². The summed E-state index contributed by atoms with van der Waals surface area (Å²) in [7, 11) is 0. The van der Waals surface area contributed by atoms with Gasteiger partial charge in [0.2, 0.25) is 11.8 Å². The van der Waals surface area contributed by atoms with Crippen molar-refractivity contribution in [2.45, 2.75) is 46.7 Å². The zero-order chi connectivity index (χ0) is 21.6. The molecule has 0 saturated heterocycles. The van der Waals surface area contributed by atoms with Crippen molar-refractivity contribution in [3.05, 3.63) is 69.2 Å². The summed E-state index contributed by atoms with van der Waals surface area (Å²) in [4.78, 5) is 27.5. The maximum absolute atomic E-state index is 13.2. The van der Waals surface area contributed by atoms with E-state index in [2.05, 4.69) is 5.32 Å². The number of aryl methyl sites for hydroxylation is 1. The Morgan fingerprint density at radius 1 is 1.03 bits per heavy atom. The Bertz CT molecular complexity index is 847. The first-order valence-electron chi connectivity index (χ1n) is 9.74. The molecule has 0 aliphatic carbocycles. The van der Waals surface area contributed by atoms with E-state index in [0.717, 1.165) is 11.1 Å². The molecule has 29 heavy (non-hydrogen) atoms. The molecule has 4 nitrogen and oxygen atoms in total. The lowest BCUT2D eigenvalue weighted by Crippen LogP contribution is -2.48. The number of carbonyl (C=O) groups is 2. The van der Waals surface area contributed by atoms with Crippen LogP contribution in [0.1, 0.15) is 37.5 Å². The third-order valence-corrected chi connectivity index (χ3v) is 5.39. The Kier molecular flexibility index (Phi) is 8.54. The quantitative estimate of drug-likeness (QED) is 0.632. The smallest absolute Gasteiger partial charge is 0.242 e. The van der Waals surface area contributed by atoms with Crippen LogP contribution in [0.2, 0.25) is 10.0 Å². The van der Waals surface area contributed by atoms with Gasteiger partial charge in [0.25, 0.3) is 0 Å². The van der Waals surface area contributed by atoms with Crippen LogP contribution in [-0.2, 0) is 22.6 Å². The molecule has 156 valence electrons. The normalized spacial score (nSPS) is 12.0. The van der Waals surface area contributed by atoms with Crippen LogP contribution < -0.4 is 5.32 Å². The number of carbonyl (C=O) groups excluding carboxylic acids is 2. The first kappa shape index (κ1) is 23.2. The van der Waals surface area contributed by atoms with E-state index in [4.69, 9.17) is 23.2 Å². The molecule has 6 heteroatoms. The number of nitrogens with one attached hydrogen (secondary N) is 1. The van der Waals surface area contributed by atoms with Gasteiger partial charge in [-0.1, -0.05) is 72.9 Å². The van der Waals surface area contributed by atoms with Crippen molar-refractivity contribution in [1.29, 1.82) is 0 Å². The van der Waals surface area contributed by atoms with Crippen molar-refractivity contribution in [2.24, 2.45) is 5.92 Å². The monoisotopic (exact) mass is 434 g/mol. The fraction of sp³-hybridized carbons (Fsp3) is 0.391. The molecule has 0 aliphatic heterocycles. The predicted octanol–water partition coefficient (Wildman–Crippen LogP) is 5.03. The molecule has 0 spiro atoms. The molecule has 0 aromatic heterocycles. The molecule has 2 aromatic carbocycles. The van der Waals surface area contributed by atoms with E-state index >= 15 is 0 Å². The fourth-order valence-corrected chi connectivity index (χ4v) is 3.53. The van der Waals surface area contributed by atoms with Crippen LogP contribution in [0.3, 0.4) is 0 Å². The van der Waals surface area contributed by atoms with Crippen molar-refractivity contribution in [2.75, 3.05) is 6.54 Å². The minimum atomic E-state index is -0.622. The van der Waals surface area contributed by atoms with E-state index in [9.17, 15) is 9.59 Å². The Hall–Kier alpha value is -2.04. The molecule has 1 atom stereocenters. The topological polar surface area (TPSA) is 49.4 Å². The van der Waals surface area contributed by atoms with E-state index in [-0.39, 0.29) is 18.2 Å². The largest absolute Gasteiger partial charge is 0.354 e. The van der Waals surface area contributed by atoms with Gasteiger partial charge in [0.05, 0.1) is 6.42 Å². The Balaban J connectivity index is 2.27. The Morgan fingerprint density at radius 3 is 2.24 bits per heavy atom. The molecule has 0 bridgehead atoms. The van der Waals surface area contributed by atoms with Crippen LogP contribution in [0.25, 0.3) is 0 Å². The van der Waals surface area contributed by atoms with E-state index < -0.39 is 6.04 Å². The van der Waals surface area contributed by atoms with Crippen LogP contribution in [0.4, 0.5) is 0 Å². The zero-order valence-corrected chi connectivity index (χ0v) is 18.8. The standard InChI is InChI=1S/C23H28Cl2N2O2/c1-15(2)13-26-23(29)17(4)27(14-18-8-5-7-16(3)11-18)22(28)12-19-20(24)9-6-10-21(19)25/h5-11,15,17H,12-14H2,1-4H3,(H,26,29)/t17-/m1/s1. The molecule has 0 heterocycles. The van der Waals surface area contributed by atoms with Gasteiger partial charge in [0.1, 0.15) is 6.04 Å². The molecule has 2 rings (SSSR count). The van der Waals surface area contributed by atoms with E-state index in [1.54, 1.807) is 30.0 Å². The first-order chi connectivity index (χ1) is 13.7. The lowest BCUT2D eigenvalue weighted by molar-refractivity contribution is -0.140. The Labute approximate surface area is 183 Å². The third-order valence-electron chi connectivity index (χ3n) is 4.68. The summed E-state index contributed by atoms with van der Waals surface area (Å²) in [6, 6.07) is 12.4. The van der Waals surface area contributed by atoms with Gasteiger partial charge >= 0.3 is 0 Å². The molecule has 2 aromatic rings. The fourth-order valence-electron chi connectivity index (χ4n) is 3.00. The van der Waals surface area contributed by atoms with E-state index in [1.807, 2.05) is 45.0 Å². The number of amides is 2. The summed E-state index contributed by atoms with van der Waals surface area (Å²) in [5.74, 6) is -0.0485. The summed E-state index contributed by atoms with van der Waals surface area (Å²) >= 11 is 12.5. The second-order valence-corrected chi connectivity index (χ2v) is 8.52. The second kappa shape index (κ2) is 10.7. The molecule has 0 aliphatic rings. The van der Waals surface area contributed by atoms with Crippen LogP contribution in [0.5, 0.6) is 0 Å². The molecular weight excluding hydrogens is 407 g/mol. The maximum Gasteiger partial charge on any atom is 0.242 e. The molecular formula is C23H28Cl2N2O2. The van der Waals surface area contributed by atoms with Crippen molar-refractivity contribution in [3.63, 3.8) is 0 Å². The number of benzene rings is 2. The van der Waals surface area contributed by atoms with Gasteiger partial charge in [-0.2, -0.15) is 0 Å². The highest BCUT2D eigenvalue weighted by Gasteiger charge is 2.27. The number of rotatable bonds is 8. The SMILES string of the molecule is Cc1cccc(CN(C(=O)Cc2c(Cl)cccc2Cl)[C@H](C)C(=O)NCC(C)C)c1. The first-order valence-corrected chi connectivity index (χ1v) is 10.5. The summed E-state index contributed by atoms with van der Waals surface area (Å²) in [5.41, 5.74) is 2.64. The van der Waals surface area contributed by atoms with Gasteiger partial charge in [0.15, 0.2) is 0 Å². The summed E-state index contributed by atoms with van der Waals surface area (Å²) in [6.07, 6.45) is 0.0339. The number of halogens is 2. The molecule has 2 amide bonds. The van der Waals surface area contributed by atoms with Gasteiger partial charge in [-0.3, -0.25) is 9.59 Å². The highest BCUT2D eigenvalue weighted by atomic mass is 35.5. The maximum atomic E-state index is 13.2. The van der Waals surface area contributed by atoms with E-state index in [0.29, 0.717) is 34.6 Å². The number of nitrogens with zero attached hydrogens (tertiary/aromatic N) is 1. The van der Waals surface area contributed by atoms with Gasteiger partial charge in [-0.25, -0.2) is 0 Å². The highest BCUT2D eigenvalue weighted by Crippen LogP contribution is 2.26. The molecule has 0 saturated carbocycles. The van der Waals surface area contributed by atoms with Crippen LogP contribution in [0.15, 0.2) is 42.5 Å². The number of hydrogen-bond donors (Lipinski definition) is 1. The molecule has 0 radical (unpaired) electrons. The third kappa shape index (κ3) is 6.76. The van der Waals surface area contributed by atoms with Gasteiger partial charge in [-0.05, 0) is 43.0 Å². The predicted molar refractivity (Wildman–Crippen MR) is 119 cm³/mol. The Morgan fingerprint density at radius 2 is 1.66 bits per heavy atom. The van der Waals surface area contributed by atoms with Crippen molar-refractivity contribution >= 4 is 35.0 Å². The summed E-state index contributed by atoms with van der Waals surface area (Å²) in [6.45, 7) is 8.69. The minimum absolute atomic E-state index is 0.0339. The molecule has 0 fully saturated rings. The average Bonchev–Trinajstić information content (AvgIpc) is 2.66. The van der Waals surface area contributed by atoms with E-state index in [1.165, 1.54) is 0 Å². The lowest BCUT2D eigenvalue weighted by Gasteiger charge is -2.29. The highest BCUT2D eigenvalue weighted by molar-refractivity contribution is 6.36. The second-order valence-electron chi connectivity index (χ2n) is 7.70. The van der Waals surface area contributed by atoms with Crippen LogP contribution in [-0.4, -0.2) is 29.3 Å². The van der Waals surface area contributed by atoms with Gasteiger partial charge in [0, 0.05) is 23.1 Å². The summed E-state index contributed by atoms with van der Waals surface area (Å²) in [5, 5.41) is 3.80.